The highest BCUT2D eigenvalue weighted by atomic mass is 16.3. The van der Waals surface area contributed by atoms with E-state index in [0.717, 1.165) is 61.3 Å². The molecule has 7 aromatic carbocycles. The minimum Gasteiger partial charge on any atom is -0.456 e. The van der Waals surface area contributed by atoms with Crippen molar-refractivity contribution in [3.63, 3.8) is 0 Å². The third-order valence-electron chi connectivity index (χ3n) is 9.88. The fraction of sp³-hybridized carbons (Fsp3) is 0.0444. The maximum atomic E-state index is 6.48. The lowest BCUT2D eigenvalue weighted by Gasteiger charge is -2.32. The number of nitrogens with one attached hydrogen (secondary N) is 2. The van der Waals surface area contributed by atoms with E-state index in [1.807, 2.05) is 24.3 Å². The molecule has 1 aliphatic rings. The molecule has 0 amide bonds. The van der Waals surface area contributed by atoms with E-state index in [1.54, 1.807) is 0 Å². The van der Waals surface area contributed by atoms with E-state index in [1.165, 1.54) is 21.8 Å². The molecular weight excluding hydrogens is 613 g/mol. The number of nitrogens with zero attached hydrogens (tertiary/aromatic N) is 2. The number of aliphatic imine (C=N–C) groups is 1. The molecular formula is C45H32N4O. The van der Waals surface area contributed by atoms with Crippen molar-refractivity contribution in [3.05, 3.63) is 187 Å². The van der Waals surface area contributed by atoms with Gasteiger partial charge in [0.1, 0.15) is 29.3 Å². The molecule has 3 heterocycles. The second kappa shape index (κ2) is 11.6. The largest absolute Gasteiger partial charge is 0.456 e. The quantitative estimate of drug-likeness (QED) is 0.196. The Kier molecular flexibility index (Phi) is 6.64. The molecule has 0 saturated carbocycles. The van der Waals surface area contributed by atoms with Crippen LogP contribution in [0.1, 0.15) is 29.0 Å². The van der Waals surface area contributed by atoms with Gasteiger partial charge >= 0.3 is 0 Å². The van der Waals surface area contributed by atoms with E-state index in [2.05, 4.69) is 161 Å². The van der Waals surface area contributed by atoms with Gasteiger partial charge in [0.05, 0.1) is 11.0 Å². The highest BCUT2D eigenvalue weighted by Crippen LogP contribution is 2.38. The van der Waals surface area contributed by atoms with Crippen molar-refractivity contribution in [2.75, 3.05) is 0 Å². The van der Waals surface area contributed by atoms with Crippen LogP contribution < -0.4 is 10.6 Å². The number of benzene rings is 7. The average molecular weight is 645 g/mol. The van der Waals surface area contributed by atoms with Crippen LogP contribution in [0.3, 0.4) is 0 Å². The Balaban J connectivity index is 1.04. The Bertz CT molecular complexity index is 2710. The molecule has 2 aromatic heterocycles. The molecule has 2 N–H and O–H groups in total. The standard InChI is InChI=1S/C45H32N4O/c1-4-12-29(13-5-1)43-46-44(30-14-6-2-7-15-30)48-45(47-43)33-22-25-41-38(27-33)36-23-20-32(28-42(36)50-41)31-21-24-40-37(26-31)35-18-10-11-19-39(35)49(40)34-16-8-3-9-17-34/h1-28,43,45,47H,(H,46,48). The fourth-order valence-electron chi connectivity index (χ4n) is 7.44. The van der Waals surface area contributed by atoms with Crippen LogP contribution >= 0.6 is 0 Å². The topological polar surface area (TPSA) is 54.5 Å². The zero-order chi connectivity index (χ0) is 33.0. The predicted molar refractivity (Wildman–Crippen MR) is 205 cm³/mol. The molecule has 0 saturated heterocycles. The van der Waals surface area contributed by atoms with Gasteiger partial charge in [0.15, 0.2) is 0 Å². The van der Waals surface area contributed by atoms with Gasteiger partial charge in [0.25, 0.3) is 0 Å². The van der Waals surface area contributed by atoms with E-state index in [-0.39, 0.29) is 12.3 Å². The van der Waals surface area contributed by atoms with Crippen LogP contribution in [-0.4, -0.2) is 10.4 Å². The van der Waals surface area contributed by atoms with Gasteiger partial charge in [0.2, 0.25) is 0 Å². The first kappa shape index (κ1) is 28.6. The summed E-state index contributed by atoms with van der Waals surface area (Å²) >= 11 is 0. The first-order valence-corrected chi connectivity index (χ1v) is 17.0. The summed E-state index contributed by atoms with van der Waals surface area (Å²) in [6, 6.07) is 59.8. The smallest absolute Gasteiger partial charge is 0.136 e. The lowest BCUT2D eigenvalue weighted by atomic mass is 10.0. The van der Waals surface area contributed by atoms with E-state index < -0.39 is 0 Å². The average Bonchev–Trinajstić information content (AvgIpc) is 3.73. The van der Waals surface area contributed by atoms with E-state index >= 15 is 0 Å². The van der Waals surface area contributed by atoms with Gasteiger partial charge in [-0.05, 0) is 76.9 Å². The molecule has 2 atom stereocenters. The highest BCUT2D eigenvalue weighted by Gasteiger charge is 2.26. The second-order valence-corrected chi connectivity index (χ2v) is 12.9. The number of amidine groups is 1. The van der Waals surface area contributed by atoms with Crippen LogP contribution in [0.15, 0.2) is 179 Å². The summed E-state index contributed by atoms with van der Waals surface area (Å²) in [5.41, 5.74) is 10.9. The normalized spacial score (nSPS) is 16.2. The highest BCUT2D eigenvalue weighted by molar-refractivity contribution is 6.11. The Labute approximate surface area is 289 Å². The maximum Gasteiger partial charge on any atom is 0.136 e. The Morgan fingerprint density at radius 1 is 0.480 bits per heavy atom. The number of aromatic nitrogens is 1. The molecule has 0 fully saturated rings. The zero-order valence-corrected chi connectivity index (χ0v) is 27.1. The SMILES string of the molecule is c1ccc(C2=NC(c3ccc4oc5cc(-c6ccc7c(c6)c6ccccc6n7-c6ccccc6)ccc5c4c3)NC(c3ccccc3)N2)cc1. The number of furan rings is 1. The fourth-order valence-corrected chi connectivity index (χ4v) is 7.44. The van der Waals surface area contributed by atoms with Crippen LogP contribution in [0.5, 0.6) is 0 Å². The number of fused-ring (bicyclic) bond motifs is 6. The molecule has 50 heavy (non-hydrogen) atoms. The molecule has 0 aliphatic carbocycles. The van der Waals surface area contributed by atoms with Crippen molar-refractivity contribution in [3.8, 4) is 16.8 Å². The number of hydrogen-bond donors (Lipinski definition) is 2. The van der Waals surface area contributed by atoms with Crippen molar-refractivity contribution >= 4 is 49.6 Å². The molecule has 9 aromatic rings. The third-order valence-corrected chi connectivity index (χ3v) is 9.88. The minimum absolute atomic E-state index is 0.0905. The zero-order valence-electron chi connectivity index (χ0n) is 27.1. The summed E-state index contributed by atoms with van der Waals surface area (Å²) in [4.78, 5) is 5.15. The van der Waals surface area contributed by atoms with Crippen molar-refractivity contribution in [2.45, 2.75) is 12.3 Å². The van der Waals surface area contributed by atoms with Crippen molar-refractivity contribution < 1.29 is 4.42 Å². The number of para-hydroxylation sites is 2. The monoisotopic (exact) mass is 644 g/mol. The van der Waals surface area contributed by atoms with Crippen molar-refractivity contribution in [2.24, 2.45) is 4.99 Å². The van der Waals surface area contributed by atoms with Gasteiger partial charge in [0, 0.05) is 32.8 Å². The van der Waals surface area contributed by atoms with Crippen molar-refractivity contribution in [1.29, 1.82) is 0 Å². The Morgan fingerprint density at radius 3 is 2.02 bits per heavy atom. The lowest BCUT2D eigenvalue weighted by Crippen LogP contribution is -2.44. The van der Waals surface area contributed by atoms with Gasteiger partial charge in [-0.3, -0.25) is 5.32 Å². The molecule has 1 aliphatic heterocycles. The van der Waals surface area contributed by atoms with E-state index in [0.29, 0.717) is 0 Å². The van der Waals surface area contributed by atoms with Gasteiger partial charge in [-0.2, -0.15) is 0 Å². The van der Waals surface area contributed by atoms with Crippen LogP contribution in [0.25, 0.3) is 60.6 Å². The maximum absolute atomic E-state index is 6.48. The summed E-state index contributed by atoms with van der Waals surface area (Å²) in [5, 5.41) is 12.0. The number of rotatable bonds is 5. The van der Waals surface area contributed by atoms with Gasteiger partial charge in [-0.1, -0.05) is 115 Å². The second-order valence-electron chi connectivity index (χ2n) is 12.9. The summed E-state index contributed by atoms with van der Waals surface area (Å²) in [6.07, 6.45) is -0.331. The molecule has 5 heteroatoms. The molecule has 0 spiro atoms. The van der Waals surface area contributed by atoms with Gasteiger partial charge in [-0.15, -0.1) is 0 Å². The molecule has 0 radical (unpaired) electrons. The first-order chi connectivity index (χ1) is 24.8. The Morgan fingerprint density at radius 2 is 1.18 bits per heavy atom. The summed E-state index contributed by atoms with van der Waals surface area (Å²) in [7, 11) is 0. The summed E-state index contributed by atoms with van der Waals surface area (Å²) in [5.74, 6) is 0.869. The molecule has 5 nitrogen and oxygen atoms in total. The molecule has 2 unspecified atom stereocenters. The number of hydrogen-bond acceptors (Lipinski definition) is 4. The molecule has 0 bridgehead atoms. The lowest BCUT2D eigenvalue weighted by molar-refractivity contribution is 0.409. The van der Waals surface area contributed by atoms with Crippen LogP contribution in [0, 0.1) is 0 Å². The van der Waals surface area contributed by atoms with E-state index in [9.17, 15) is 0 Å². The summed E-state index contributed by atoms with van der Waals surface area (Å²) < 4.78 is 8.83. The van der Waals surface area contributed by atoms with Gasteiger partial charge < -0.3 is 14.3 Å². The molecule has 238 valence electrons. The Hall–Kier alpha value is -6.43. The molecule has 10 rings (SSSR count). The van der Waals surface area contributed by atoms with Crippen LogP contribution in [0.4, 0.5) is 0 Å². The first-order valence-electron chi connectivity index (χ1n) is 17.0. The van der Waals surface area contributed by atoms with Crippen LogP contribution in [0.2, 0.25) is 0 Å². The predicted octanol–water partition coefficient (Wildman–Crippen LogP) is 10.7. The van der Waals surface area contributed by atoms with Gasteiger partial charge in [-0.25, -0.2) is 4.99 Å². The third kappa shape index (κ3) is 4.79. The van der Waals surface area contributed by atoms with E-state index in [4.69, 9.17) is 9.41 Å². The van der Waals surface area contributed by atoms with Crippen molar-refractivity contribution in [1.82, 2.24) is 15.2 Å². The van der Waals surface area contributed by atoms with Crippen LogP contribution in [-0.2, 0) is 0 Å². The summed E-state index contributed by atoms with van der Waals surface area (Å²) in [6.45, 7) is 0. The minimum atomic E-state index is -0.241.